The number of hydrogen-bond donors (Lipinski definition) is 1. The van der Waals surface area contributed by atoms with Crippen LogP contribution in [0.15, 0.2) is 30.5 Å². The van der Waals surface area contributed by atoms with Crippen molar-refractivity contribution in [2.75, 3.05) is 18.5 Å². The first-order valence-electron chi connectivity index (χ1n) is 5.51. The van der Waals surface area contributed by atoms with Crippen molar-refractivity contribution in [1.82, 2.24) is 4.98 Å². The van der Waals surface area contributed by atoms with Gasteiger partial charge in [-0.15, -0.1) is 11.6 Å². The first kappa shape index (κ1) is 12.0. The first-order valence-corrected chi connectivity index (χ1v) is 5.94. The molecule has 3 nitrogen and oxygen atoms in total. The quantitative estimate of drug-likeness (QED) is 0.851. The minimum Gasteiger partial charge on any atom is -0.508 e. The molecule has 17 heavy (non-hydrogen) atoms. The summed E-state index contributed by atoms with van der Waals surface area (Å²) in [5, 5.41) is 11.6. The third-order valence-corrected chi connectivity index (χ3v) is 2.75. The highest BCUT2D eigenvalue weighted by Crippen LogP contribution is 2.27. The maximum absolute atomic E-state index is 9.55. The number of aromatic nitrogens is 1. The number of rotatable bonds is 3. The molecule has 0 saturated carbocycles. The molecular formula is C13H15ClN2O. The van der Waals surface area contributed by atoms with Crippen LogP contribution in [-0.4, -0.2) is 29.1 Å². The topological polar surface area (TPSA) is 36.4 Å². The van der Waals surface area contributed by atoms with Gasteiger partial charge < -0.3 is 10.0 Å². The second kappa shape index (κ2) is 4.80. The fraction of sp³-hybridized carbons (Fsp3) is 0.308. The highest BCUT2D eigenvalue weighted by atomic mass is 35.5. The predicted octanol–water partition coefficient (Wildman–Crippen LogP) is 3.00. The van der Waals surface area contributed by atoms with Crippen LogP contribution in [0.4, 0.5) is 5.82 Å². The maximum atomic E-state index is 9.55. The lowest BCUT2D eigenvalue weighted by molar-refractivity contribution is 0.476. The summed E-state index contributed by atoms with van der Waals surface area (Å²) in [5.41, 5.74) is 0. The zero-order valence-corrected chi connectivity index (χ0v) is 10.6. The molecule has 1 atom stereocenters. The van der Waals surface area contributed by atoms with Gasteiger partial charge >= 0.3 is 0 Å². The molecule has 0 saturated heterocycles. The van der Waals surface area contributed by atoms with Crippen molar-refractivity contribution in [2.24, 2.45) is 0 Å². The smallest absolute Gasteiger partial charge is 0.136 e. The second-order valence-electron chi connectivity index (χ2n) is 4.20. The predicted molar refractivity (Wildman–Crippen MR) is 72.0 cm³/mol. The minimum absolute atomic E-state index is 0.0503. The monoisotopic (exact) mass is 250 g/mol. The Labute approximate surface area is 106 Å². The van der Waals surface area contributed by atoms with E-state index in [1.807, 2.05) is 31.0 Å². The highest BCUT2D eigenvalue weighted by Gasteiger charge is 2.10. The number of alkyl halides is 1. The number of phenolic OH excluding ortho intramolecular Hbond substituents is 1. The fourth-order valence-corrected chi connectivity index (χ4v) is 2.12. The van der Waals surface area contributed by atoms with Crippen LogP contribution < -0.4 is 4.90 Å². The third-order valence-electron chi connectivity index (χ3n) is 2.62. The minimum atomic E-state index is 0.0503. The molecule has 0 fully saturated rings. The summed E-state index contributed by atoms with van der Waals surface area (Å²) < 4.78 is 0. The lowest BCUT2D eigenvalue weighted by Gasteiger charge is -2.21. The van der Waals surface area contributed by atoms with Gasteiger partial charge in [0.25, 0.3) is 0 Å². The normalized spacial score (nSPS) is 12.6. The van der Waals surface area contributed by atoms with E-state index < -0.39 is 0 Å². The number of nitrogens with zero attached hydrogens (tertiary/aromatic N) is 2. The summed E-state index contributed by atoms with van der Waals surface area (Å²) in [6.45, 7) is 2.66. The van der Waals surface area contributed by atoms with Gasteiger partial charge in [-0.3, -0.25) is 0 Å². The number of hydrogen-bond acceptors (Lipinski definition) is 3. The van der Waals surface area contributed by atoms with Crippen LogP contribution in [0, 0.1) is 0 Å². The molecule has 0 aliphatic heterocycles. The van der Waals surface area contributed by atoms with Crippen LogP contribution in [-0.2, 0) is 0 Å². The zero-order chi connectivity index (χ0) is 12.4. The summed E-state index contributed by atoms with van der Waals surface area (Å²) in [7, 11) is 1.95. The van der Waals surface area contributed by atoms with Crippen molar-refractivity contribution in [2.45, 2.75) is 12.3 Å². The van der Waals surface area contributed by atoms with Crippen LogP contribution in [0.25, 0.3) is 10.8 Å². The molecule has 0 spiro atoms. The average molecular weight is 251 g/mol. The van der Waals surface area contributed by atoms with E-state index in [1.54, 1.807) is 18.3 Å². The molecule has 1 N–H and O–H groups in total. The molecule has 2 rings (SSSR count). The van der Waals surface area contributed by atoms with Gasteiger partial charge in [-0.25, -0.2) is 4.98 Å². The molecule has 2 aromatic rings. The summed E-state index contributed by atoms with van der Waals surface area (Å²) in [4.78, 5) is 6.36. The van der Waals surface area contributed by atoms with Crippen molar-refractivity contribution >= 4 is 28.2 Å². The zero-order valence-electron chi connectivity index (χ0n) is 9.89. The number of aromatic hydroxyl groups is 1. The summed E-state index contributed by atoms with van der Waals surface area (Å²) >= 11 is 5.99. The SMILES string of the molecule is CC(Cl)CN(C)c1nccc2ccc(O)cc12. The second-order valence-corrected chi connectivity index (χ2v) is 4.95. The summed E-state index contributed by atoms with van der Waals surface area (Å²) in [6.07, 6.45) is 1.77. The van der Waals surface area contributed by atoms with Gasteiger partial charge in [0.05, 0.1) is 0 Å². The van der Waals surface area contributed by atoms with Crippen LogP contribution in [0.3, 0.4) is 0 Å². The Kier molecular flexibility index (Phi) is 3.38. The number of fused-ring (bicyclic) bond motifs is 1. The largest absolute Gasteiger partial charge is 0.508 e. The van der Waals surface area contributed by atoms with Gasteiger partial charge in [0.2, 0.25) is 0 Å². The Morgan fingerprint density at radius 3 is 2.88 bits per heavy atom. The first-order chi connectivity index (χ1) is 8.08. The van der Waals surface area contributed by atoms with Crippen molar-refractivity contribution < 1.29 is 5.11 Å². The van der Waals surface area contributed by atoms with Gasteiger partial charge in [-0.2, -0.15) is 0 Å². The Morgan fingerprint density at radius 1 is 1.41 bits per heavy atom. The van der Waals surface area contributed by atoms with Crippen LogP contribution >= 0.6 is 11.6 Å². The number of halogens is 1. The van der Waals surface area contributed by atoms with E-state index in [9.17, 15) is 5.11 Å². The Balaban J connectivity index is 2.49. The van der Waals surface area contributed by atoms with E-state index in [0.717, 1.165) is 16.6 Å². The van der Waals surface area contributed by atoms with Crippen molar-refractivity contribution in [1.29, 1.82) is 0 Å². The number of anilines is 1. The standard InChI is InChI=1S/C13H15ClN2O/c1-9(14)8-16(2)13-12-7-11(17)4-3-10(12)5-6-15-13/h3-7,9,17H,8H2,1-2H3. The number of pyridine rings is 1. The molecule has 1 aromatic heterocycles. The Morgan fingerprint density at radius 2 is 2.18 bits per heavy atom. The Hall–Kier alpha value is -1.48. The lowest BCUT2D eigenvalue weighted by atomic mass is 10.1. The van der Waals surface area contributed by atoms with Gasteiger partial charge in [0, 0.05) is 30.6 Å². The molecule has 0 bridgehead atoms. The van der Waals surface area contributed by atoms with E-state index >= 15 is 0 Å². The van der Waals surface area contributed by atoms with E-state index in [1.165, 1.54) is 0 Å². The number of phenols is 1. The molecule has 90 valence electrons. The molecular weight excluding hydrogens is 236 g/mol. The Bertz CT molecular complexity index is 528. The molecule has 4 heteroatoms. The fourth-order valence-electron chi connectivity index (χ4n) is 1.91. The average Bonchev–Trinajstić information content (AvgIpc) is 2.27. The highest BCUT2D eigenvalue weighted by molar-refractivity contribution is 6.20. The van der Waals surface area contributed by atoms with E-state index in [-0.39, 0.29) is 11.1 Å². The molecule has 0 amide bonds. The van der Waals surface area contributed by atoms with Gasteiger partial charge in [0.1, 0.15) is 11.6 Å². The molecule has 0 aliphatic carbocycles. The van der Waals surface area contributed by atoms with Crippen molar-refractivity contribution in [3.63, 3.8) is 0 Å². The van der Waals surface area contributed by atoms with E-state index in [2.05, 4.69) is 4.98 Å². The van der Waals surface area contributed by atoms with Gasteiger partial charge in [-0.05, 0) is 30.5 Å². The lowest BCUT2D eigenvalue weighted by Crippen LogP contribution is -2.25. The van der Waals surface area contributed by atoms with Crippen molar-refractivity contribution in [3.8, 4) is 5.75 Å². The third kappa shape index (κ3) is 2.61. The van der Waals surface area contributed by atoms with Crippen LogP contribution in [0.5, 0.6) is 5.75 Å². The van der Waals surface area contributed by atoms with E-state index in [4.69, 9.17) is 11.6 Å². The van der Waals surface area contributed by atoms with Crippen LogP contribution in [0.2, 0.25) is 0 Å². The molecule has 0 radical (unpaired) electrons. The molecule has 0 aliphatic rings. The van der Waals surface area contributed by atoms with Crippen LogP contribution in [0.1, 0.15) is 6.92 Å². The number of benzene rings is 1. The summed E-state index contributed by atoms with van der Waals surface area (Å²) in [6, 6.07) is 7.22. The van der Waals surface area contributed by atoms with Crippen molar-refractivity contribution in [3.05, 3.63) is 30.5 Å². The summed E-state index contributed by atoms with van der Waals surface area (Å²) in [5.74, 6) is 1.09. The molecule has 1 heterocycles. The van der Waals surface area contributed by atoms with Gasteiger partial charge in [0.15, 0.2) is 0 Å². The van der Waals surface area contributed by atoms with E-state index in [0.29, 0.717) is 6.54 Å². The molecule has 1 aromatic carbocycles. The van der Waals surface area contributed by atoms with Gasteiger partial charge in [-0.1, -0.05) is 6.07 Å². The molecule has 1 unspecified atom stereocenters. The maximum Gasteiger partial charge on any atom is 0.136 e.